The molecule has 2 rings (SSSR count). The summed E-state index contributed by atoms with van der Waals surface area (Å²) in [5, 5.41) is 15.6. The number of anilines is 1. The van der Waals surface area contributed by atoms with Gasteiger partial charge in [-0.05, 0) is 38.4 Å². The van der Waals surface area contributed by atoms with E-state index < -0.39 is 0 Å². The molecule has 0 radical (unpaired) electrons. The lowest BCUT2D eigenvalue weighted by Gasteiger charge is -2.14. The molecule has 18 heavy (non-hydrogen) atoms. The minimum Gasteiger partial charge on any atom is -0.369 e. The van der Waals surface area contributed by atoms with Gasteiger partial charge in [0.15, 0.2) is 0 Å². The van der Waals surface area contributed by atoms with Gasteiger partial charge >= 0.3 is 0 Å². The quantitative estimate of drug-likeness (QED) is 0.793. The van der Waals surface area contributed by atoms with Gasteiger partial charge in [-0.2, -0.15) is 5.26 Å². The van der Waals surface area contributed by atoms with Crippen molar-refractivity contribution in [2.45, 2.75) is 19.8 Å². The first kappa shape index (κ1) is 12.6. The molecule has 1 aromatic rings. The van der Waals surface area contributed by atoms with Crippen LogP contribution in [0.3, 0.4) is 0 Å². The van der Waals surface area contributed by atoms with Crippen molar-refractivity contribution < 1.29 is 0 Å². The van der Waals surface area contributed by atoms with Crippen LogP contribution in [0, 0.1) is 18.3 Å². The monoisotopic (exact) mass is 242 g/mol. The summed E-state index contributed by atoms with van der Waals surface area (Å²) in [5.74, 6) is 0.701. The third-order valence-electron chi connectivity index (χ3n) is 3.05. The number of hydrogen-bond donors (Lipinski definition) is 2. The van der Waals surface area contributed by atoms with Crippen LogP contribution in [0.5, 0.6) is 0 Å². The van der Waals surface area contributed by atoms with E-state index in [1.165, 1.54) is 5.57 Å². The second kappa shape index (κ2) is 6.18. The standard InChI is InChI=1S/C14H18N4/c1-11-2-3-13(10-15)14(18-11)17-9-6-12-4-7-16-8-5-12/h2-4,16H,5-9H2,1H3,(H,17,18). The second-order valence-corrected chi connectivity index (χ2v) is 4.45. The molecule has 1 aliphatic rings. The van der Waals surface area contributed by atoms with Gasteiger partial charge in [0.05, 0.1) is 5.56 Å². The number of nitrogens with zero attached hydrogens (tertiary/aromatic N) is 2. The summed E-state index contributed by atoms with van der Waals surface area (Å²) in [6, 6.07) is 5.84. The molecule has 1 aliphatic heterocycles. The minimum atomic E-state index is 0.611. The molecule has 0 saturated heterocycles. The van der Waals surface area contributed by atoms with Gasteiger partial charge in [0.25, 0.3) is 0 Å². The van der Waals surface area contributed by atoms with Crippen LogP contribution in [0.25, 0.3) is 0 Å². The Morgan fingerprint density at radius 2 is 2.39 bits per heavy atom. The van der Waals surface area contributed by atoms with E-state index in [2.05, 4.69) is 27.8 Å². The highest BCUT2D eigenvalue weighted by atomic mass is 15.0. The minimum absolute atomic E-state index is 0.611. The highest BCUT2D eigenvalue weighted by molar-refractivity contribution is 5.52. The maximum absolute atomic E-state index is 9.01. The molecule has 94 valence electrons. The average Bonchev–Trinajstić information content (AvgIpc) is 2.40. The molecule has 0 bridgehead atoms. The summed E-state index contributed by atoms with van der Waals surface area (Å²) in [6.07, 6.45) is 4.39. The summed E-state index contributed by atoms with van der Waals surface area (Å²) in [4.78, 5) is 4.36. The van der Waals surface area contributed by atoms with Crippen molar-refractivity contribution in [3.63, 3.8) is 0 Å². The van der Waals surface area contributed by atoms with E-state index in [-0.39, 0.29) is 0 Å². The van der Waals surface area contributed by atoms with E-state index in [4.69, 9.17) is 5.26 Å². The van der Waals surface area contributed by atoms with Crippen LogP contribution in [-0.2, 0) is 0 Å². The Balaban J connectivity index is 1.92. The predicted octanol–water partition coefficient (Wildman–Crippen LogP) is 1.98. The van der Waals surface area contributed by atoms with Crippen molar-refractivity contribution >= 4 is 5.82 Å². The molecule has 0 saturated carbocycles. The Morgan fingerprint density at radius 3 is 3.11 bits per heavy atom. The molecule has 0 aliphatic carbocycles. The van der Waals surface area contributed by atoms with Crippen LogP contribution in [0.15, 0.2) is 23.8 Å². The van der Waals surface area contributed by atoms with Gasteiger partial charge in [-0.3, -0.25) is 0 Å². The largest absolute Gasteiger partial charge is 0.369 e. The Kier molecular flexibility index (Phi) is 4.32. The van der Waals surface area contributed by atoms with Crippen molar-refractivity contribution in [1.82, 2.24) is 10.3 Å². The van der Waals surface area contributed by atoms with Crippen LogP contribution in [-0.4, -0.2) is 24.6 Å². The first-order valence-electron chi connectivity index (χ1n) is 6.30. The highest BCUT2D eigenvalue weighted by Gasteiger charge is 2.05. The highest BCUT2D eigenvalue weighted by Crippen LogP contribution is 2.14. The second-order valence-electron chi connectivity index (χ2n) is 4.45. The summed E-state index contributed by atoms with van der Waals surface area (Å²) < 4.78 is 0. The number of hydrogen-bond acceptors (Lipinski definition) is 4. The Labute approximate surface area is 108 Å². The molecule has 0 spiro atoms. The third-order valence-corrected chi connectivity index (χ3v) is 3.05. The van der Waals surface area contributed by atoms with Crippen molar-refractivity contribution in [2.24, 2.45) is 0 Å². The Morgan fingerprint density at radius 1 is 1.50 bits per heavy atom. The maximum Gasteiger partial charge on any atom is 0.144 e. The number of rotatable bonds is 4. The summed E-state index contributed by atoms with van der Waals surface area (Å²) in [6.45, 7) is 4.80. The van der Waals surface area contributed by atoms with Crippen molar-refractivity contribution in [1.29, 1.82) is 5.26 Å². The predicted molar refractivity (Wildman–Crippen MR) is 72.4 cm³/mol. The van der Waals surface area contributed by atoms with Crippen molar-refractivity contribution in [3.05, 3.63) is 35.0 Å². The summed E-state index contributed by atoms with van der Waals surface area (Å²) >= 11 is 0. The van der Waals surface area contributed by atoms with Crippen molar-refractivity contribution in [2.75, 3.05) is 25.0 Å². The molecule has 2 N–H and O–H groups in total. The van der Waals surface area contributed by atoms with Crippen LogP contribution in [0.2, 0.25) is 0 Å². The molecule has 0 unspecified atom stereocenters. The van der Waals surface area contributed by atoms with Crippen LogP contribution < -0.4 is 10.6 Å². The fourth-order valence-electron chi connectivity index (χ4n) is 2.02. The molecule has 0 aromatic carbocycles. The number of nitriles is 1. The van der Waals surface area contributed by atoms with Gasteiger partial charge in [-0.1, -0.05) is 11.6 Å². The molecule has 0 fully saturated rings. The first-order chi connectivity index (χ1) is 8.79. The molecule has 1 aromatic heterocycles. The smallest absolute Gasteiger partial charge is 0.144 e. The van der Waals surface area contributed by atoms with Crippen LogP contribution >= 0.6 is 0 Å². The summed E-state index contributed by atoms with van der Waals surface area (Å²) in [7, 11) is 0. The normalized spacial score (nSPS) is 14.8. The molecular formula is C14H18N4. The SMILES string of the molecule is Cc1ccc(C#N)c(NCCC2=CCNCC2)n1. The van der Waals surface area contributed by atoms with Crippen molar-refractivity contribution in [3.8, 4) is 6.07 Å². The molecule has 0 atom stereocenters. The average molecular weight is 242 g/mol. The van der Waals surface area contributed by atoms with Crippen LogP contribution in [0.4, 0.5) is 5.82 Å². The lowest BCUT2D eigenvalue weighted by atomic mass is 10.1. The topological polar surface area (TPSA) is 60.7 Å². The molecule has 0 amide bonds. The number of aromatic nitrogens is 1. The van der Waals surface area contributed by atoms with E-state index in [0.717, 1.165) is 38.2 Å². The van der Waals surface area contributed by atoms with Gasteiger partial charge in [0.2, 0.25) is 0 Å². The Bertz CT molecular complexity index is 485. The van der Waals surface area contributed by atoms with Gasteiger partial charge in [-0.25, -0.2) is 4.98 Å². The lowest BCUT2D eigenvalue weighted by molar-refractivity contribution is 0.683. The molecule has 4 heteroatoms. The van der Waals surface area contributed by atoms with Crippen LogP contribution in [0.1, 0.15) is 24.1 Å². The fraction of sp³-hybridized carbons (Fsp3) is 0.429. The maximum atomic E-state index is 9.01. The molecule has 2 heterocycles. The van der Waals surface area contributed by atoms with E-state index in [9.17, 15) is 0 Å². The van der Waals surface area contributed by atoms with E-state index in [1.807, 2.05) is 19.1 Å². The zero-order valence-electron chi connectivity index (χ0n) is 10.7. The number of aryl methyl sites for hydroxylation is 1. The van der Waals surface area contributed by atoms with Gasteiger partial charge in [0, 0.05) is 18.8 Å². The Hall–Kier alpha value is -1.86. The number of pyridine rings is 1. The van der Waals surface area contributed by atoms with E-state index in [0.29, 0.717) is 11.4 Å². The van der Waals surface area contributed by atoms with Gasteiger partial charge in [0.1, 0.15) is 11.9 Å². The molecule has 4 nitrogen and oxygen atoms in total. The molecular weight excluding hydrogens is 224 g/mol. The fourth-order valence-corrected chi connectivity index (χ4v) is 2.02. The zero-order chi connectivity index (χ0) is 12.8. The van der Waals surface area contributed by atoms with E-state index in [1.54, 1.807) is 0 Å². The summed E-state index contributed by atoms with van der Waals surface area (Å²) in [5.41, 5.74) is 3.02. The first-order valence-corrected chi connectivity index (χ1v) is 6.30. The third kappa shape index (κ3) is 3.31. The van der Waals surface area contributed by atoms with E-state index >= 15 is 0 Å². The van der Waals surface area contributed by atoms with Gasteiger partial charge < -0.3 is 10.6 Å². The van der Waals surface area contributed by atoms with Gasteiger partial charge in [-0.15, -0.1) is 0 Å². The number of nitrogens with one attached hydrogen (secondary N) is 2. The zero-order valence-corrected chi connectivity index (χ0v) is 10.7. The lowest BCUT2D eigenvalue weighted by Crippen LogP contribution is -2.21.